The summed E-state index contributed by atoms with van der Waals surface area (Å²) in [5.41, 5.74) is 3.49. The van der Waals surface area contributed by atoms with Crippen LogP contribution in [0.2, 0.25) is 0 Å². The Kier molecular flexibility index (Phi) is 6.73. The SMILES string of the molecule is Cc1ccc(SCCNC(=O)[C@H](C)Oc2cccc(C)c2C)cc1. The summed E-state index contributed by atoms with van der Waals surface area (Å²) in [7, 11) is 0. The van der Waals surface area contributed by atoms with Crippen LogP contribution >= 0.6 is 11.8 Å². The number of carbonyl (C=O) groups excluding carboxylic acids is 1. The lowest BCUT2D eigenvalue weighted by atomic mass is 10.1. The largest absolute Gasteiger partial charge is 0.481 e. The topological polar surface area (TPSA) is 38.3 Å². The molecule has 0 bridgehead atoms. The molecule has 0 unspecified atom stereocenters. The smallest absolute Gasteiger partial charge is 0.260 e. The second kappa shape index (κ2) is 8.78. The van der Waals surface area contributed by atoms with Gasteiger partial charge in [-0.3, -0.25) is 4.79 Å². The Balaban J connectivity index is 1.75. The summed E-state index contributed by atoms with van der Waals surface area (Å²) in [4.78, 5) is 13.4. The molecule has 2 aromatic carbocycles. The zero-order chi connectivity index (χ0) is 17.5. The van der Waals surface area contributed by atoms with E-state index in [9.17, 15) is 4.79 Å². The van der Waals surface area contributed by atoms with E-state index in [1.54, 1.807) is 18.7 Å². The molecule has 2 rings (SSSR count). The van der Waals surface area contributed by atoms with Gasteiger partial charge < -0.3 is 10.1 Å². The number of benzene rings is 2. The summed E-state index contributed by atoms with van der Waals surface area (Å²) >= 11 is 1.74. The molecule has 1 atom stereocenters. The van der Waals surface area contributed by atoms with Crippen molar-refractivity contribution >= 4 is 17.7 Å². The van der Waals surface area contributed by atoms with E-state index in [-0.39, 0.29) is 5.91 Å². The van der Waals surface area contributed by atoms with Crippen LogP contribution in [0, 0.1) is 20.8 Å². The molecule has 0 aliphatic carbocycles. The lowest BCUT2D eigenvalue weighted by molar-refractivity contribution is -0.127. The van der Waals surface area contributed by atoms with Crippen LogP contribution in [0.3, 0.4) is 0 Å². The van der Waals surface area contributed by atoms with E-state index in [0.29, 0.717) is 6.54 Å². The zero-order valence-corrected chi connectivity index (χ0v) is 15.6. The van der Waals surface area contributed by atoms with E-state index in [1.165, 1.54) is 10.5 Å². The molecule has 0 fully saturated rings. The van der Waals surface area contributed by atoms with E-state index in [2.05, 4.69) is 36.5 Å². The molecule has 0 saturated carbocycles. The van der Waals surface area contributed by atoms with Crippen molar-refractivity contribution in [1.82, 2.24) is 5.32 Å². The van der Waals surface area contributed by atoms with Crippen molar-refractivity contribution in [2.75, 3.05) is 12.3 Å². The van der Waals surface area contributed by atoms with Crippen LogP contribution in [0.1, 0.15) is 23.6 Å². The molecule has 0 spiro atoms. The molecule has 0 aliphatic heterocycles. The predicted octanol–water partition coefficient (Wildman–Crippen LogP) is 4.29. The average Bonchev–Trinajstić information content (AvgIpc) is 2.57. The van der Waals surface area contributed by atoms with E-state index < -0.39 is 6.10 Å². The third-order valence-corrected chi connectivity index (χ3v) is 4.93. The van der Waals surface area contributed by atoms with Gasteiger partial charge in [0.15, 0.2) is 6.10 Å². The van der Waals surface area contributed by atoms with Crippen molar-refractivity contribution in [3.05, 3.63) is 59.2 Å². The lowest BCUT2D eigenvalue weighted by Gasteiger charge is -2.17. The first-order valence-corrected chi connectivity index (χ1v) is 9.16. The molecular formula is C20H25NO2S. The Morgan fingerprint density at radius 2 is 1.83 bits per heavy atom. The molecule has 0 aliphatic rings. The molecule has 24 heavy (non-hydrogen) atoms. The Labute approximate surface area is 148 Å². The molecule has 0 radical (unpaired) electrons. The zero-order valence-electron chi connectivity index (χ0n) is 14.8. The number of hydrogen-bond acceptors (Lipinski definition) is 3. The van der Waals surface area contributed by atoms with Gasteiger partial charge in [0.1, 0.15) is 5.75 Å². The van der Waals surface area contributed by atoms with Gasteiger partial charge in [0, 0.05) is 17.2 Å². The highest BCUT2D eigenvalue weighted by molar-refractivity contribution is 7.99. The fourth-order valence-electron chi connectivity index (χ4n) is 2.22. The number of rotatable bonds is 7. The third kappa shape index (κ3) is 5.31. The Morgan fingerprint density at radius 1 is 1.12 bits per heavy atom. The number of aryl methyl sites for hydroxylation is 2. The Bertz CT molecular complexity index is 683. The van der Waals surface area contributed by atoms with Gasteiger partial charge in [-0.25, -0.2) is 0 Å². The number of hydrogen-bond donors (Lipinski definition) is 1. The molecule has 4 heteroatoms. The van der Waals surface area contributed by atoms with Crippen LogP contribution in [0.5, 0.6) is 5.75 Å². The minimum Gasteiger partial charge on any atom is -0.481 e. The Hall–Kier alpha value is -1.94. The van der Waals surface area contributed by atoms with Gasteiger partial charge >= 0.3 is 0 Å². The number of nitrogens with one attached hydrogen (secondary N) is 1. The fourth-order valence-corrected chi connectivity index (χ4v) is 2.99. The van der Waals surface area contributed by atoms with Crippen molar-refractivity contribution in [2.45, 2.75) is 38.7 Å². The predicted molar refractivity (Wildman–Crippen MR) is 101 cm³/mol. The van der Waals surface area contributed by atoms with Crippen molar-refractivity contribution < 1.29 is 9.53 Å². The molecule has 1 N–H and O–H groups in total. The normalized spacial score (nSPS) is 11.8. The fraction of sp³-hybridized carbons (Fsp3) is 0.350. The summed E-state index contributed by atoms with van der Waals surface area (Å²) < 4.78 is 5.80. The molecule has 0 heterocycles. The minimum absolute atomic E-state index is 0.0830. The standard InChI is InChI=1S/C20H25NO2S/c1-14-8-10-18(11-9-14)24-13-12-21-20(22)17(4)23-19-7-5-6-15(2)16(19)3/h5-11,17H,12-13H2,1-4H3,(H,21,22)/t17-/m0/s1. The molecule has 2 aromatic rings. The Morgan fingerprint density at radius 3 is 2.54 bits per heavy atom. The maximum Gasteiger partial charge on any atom is 0.260 e. The van der Waals surface area contributed by atoms with Gasteiger partial charge in [-0.15, -0.1) is 11.8 Å². The maximum absolute atomic E-state index is 12.2. The van der Waals surface area contributed by atoms with Crippen molar-refractivity contribution in [2.24, 2.45) is 0 Å². The van der Waals surface area contributed by atoms with Crippen molar-refractivity contribution in [3.8, 4) is 5.75 Å². The van der Waals surface area contributed by atoms with Gasteiger partial charge in [0.2, 0.25) is 0 Å². The van der Waals surface area contributed by atoms with Gasteiger partial charge in [-0.05, 0) is 57.0 Å². The summed E-state index contributed by atoms with van der Waals surface area (Å²) in [5, 5.41) is 2.93. The van der Waals surface area contributed by atoms with Crippen molar-refractivity contribution in [3.63, 3.8) is 0 Å². The summed E-state index contributed by atoms with van der Waals surface area (Å²) in [5.74, 6) is 1.53. The number of amides is 1. The third-order valence-electron chi connectivity index (χ3n) is 3.92. The van der Waals surface area contributed by atoms with E-state index in [0.717, 1.165) is 22.6 Å². The summed E-state index contributed by atoms with van der Waals surface area (Å²) in [6.45, 7) is 8.52. The molecule has 0 aromatic heterocycles. The van der Waals surface area contributed by atoms with Crippen LogP contribution in [-0.4, -0.2) is 24.3 Å². The lowest BCUT2D eigenvalue weighted by Crippen LogP contribution is -2.37. The quantitative estimate of drug-likeness (QED) is 0.602. The van der Waals surface area contributed by atoms with Gasteiger partial charge in [0.05, 0.1) is 0 Å². The first-order chi connectivity index (χ1) is 11.5. The summed E-state index contributed by atoms with van der Waals surface area (Å²) in [6, 6.07) is 14.3. The average molecular weight is 343 g/mol. The number of thioether (sulfide) groups is 1. The molecule has 128 valence electrons. The highest BCUT2D eigenvalue weighted by Crippen LogP contribution is 2.22. The van der Waals surface area contributed by atoms with E-state index >= 15 is 0 Å². The first-order valence-electron chi connectivity index (χ1n) is 8.17. The van der Waals surface area contributed by atoms with E-state index in [1.807, 2.05) is 32.0 Å². The van der Waals surface area contributed by atoms with Crippen LogP contribution in [0.4, 0.5) is 0 Å². The highest BCUT2D eigenvalue weighted by Gasteiger charge is 2.15. The summed E-state index contributed by atoms with van der Waals surface area (Å²) in [6.07, 6.45) is -0.505. The van der Waals surface area contributed by atoms with Crippen LogP contribution in [0.25, 0.3) is 0 Å². The van der Waals surface area contributed by atoms with Crippen LogP contribution < -0.4 is 10.1 Å². The highest BCUT2D eigenvalue weighted by atomic mass is 32.2. The molecular weight excluding hydrogens is 318 g/mol. The van der Waals surface area contributed by atoms with Crippen molar-refractivity contribution in [1.29, 1.82) is 0 Å². The van der Waals surface area contributed by atoms with Gasteiger partial charge in [-0.1, -0.05) is 29.8 Å². The minimum atomic E-state index is -0.505. The maximum atomic E-state index is 12.2. The number of carbonyl (C=O) groups is 1. The van der Waals surface area contributed by atoms with E-state index in [4.69, 9.17) is 4.74 Å². The monoisotopic (exact) mass is 343 g/mol. The molecule has 3 nitrogen and oxygen atoms in total. The first kappa shape index (κ1) is 18.4. The second-order valence-corrected chi connectivity index (χ2v) is 7.08. The second-order valence-electron chi connectivity index (χ2n) is 5.91. The van der Waals surface area contributed by atoms with Crippen LogP contribution in [-0.2, 0) is 4.79 Å². The van der Waals surface area contributed by atoms with Crippen LogP contribution in [0.15, 0.2) is 47.4 Å². The van der Waals surface area contributed by atoms with Gasteiger partial charge in [0.25, 0.3) is 5.91 Å². The molecule has 0 saturated heterocycles. The molecule has 1 amide bonds. The number of ether oxygens (including phenoxy) is 1. The van der Waals surface area contributed by atoms with Gasteiger partial charge in [-0.2, -0.15) is 0 Å².